The van der Waals surface area contributed by atoms with Crippen LogP contribution in [0.3, 0.4) is 0 Å². The molecule has 1 aromatic rings. The van der Waals surface area contributed by atoms with Gasteiger partial charge in [-0.25, -0.2) is 4.39 Å². The molecule has 0 N–H and O–H groups in total. The molecule has 0 saturated carbocycles. The Labute approximate surface area is 86.1 Å². The maximum absolute atomic E-state index is 13.1. The predicted molar refractivity (Wildman–Crippen MR) is 50.0 cm³/mol. The standard InChI is InChI=1S/C10H6ClFN2/c11-10-7(3-5-13)1-2-9(12)8(10)4-6-14/h1-2H,3-4H2. The topological polar surface area (TPSA) is 47.6 Å². The van der Waals surface area contributed by atoms with E-state index < -0.39 is 5.82 Å². The smallest absolute Gasteiger partial charge is 0.128 e. The number of hydrogen-bond donors (Lipinski definition) is 0. The van der Waals surface area contributed by atoms with E-state index in [0.717, 1.165) is 0 Å². The Kier molecular flexibility index (Phi) is 3.45. The average molecular weight is 209 g/mol. The summed E-state index contributed by atoms with van der Waals surface area (Å²) < 4.78 is 13.1. The summed E-state index contributed by atoms with van der Waals surface area (Å²) in [5.41, 5.74) is 0.725. The number of nitrogens with zero attached hydrogens (tertiary/aromatic N) is 2. The summed E-state index contributed by atoms with van der Waals surface area (Å²) in [7, 11) is 0. The molecule has 0 unspecified atom stereocenters. The Bertz CT molecular complexity index is 429. The fraction of sp³-hybridized carbons (Fsp3) is 0.200. The summed E-state index contributed by atoms with van der Waals surface area (Å²) in [6.45, 7) is 0. The fourth-order valence-corrected chi connectivity index (χ4v) is 1.40. The molecule has 0 spiro atoms. The molecule has 1 aromatic carbocycles. The van der Waals surface area contributed by atoms with Gasteiger partial charge in [-0.2, -0.15) is 10.5 Å². The molecule has 0 aliphatic carbocycles. The first kappa shape index (κ1) is 10.5. The van der Waals surface area contributed by atoms with Crippen LogP contribution in [0.5, 0.6) is 0 Å². The number of hydrogen-bond acceptors (Lipinski definition) is 2. The van der Waals surface area contributed by atoms with Gasteiger partial charge in [-0.1, -0.05) is 17.7 Å². The van der Waals surface area contributed by atoms with Gasteiger partial charge in [-0.15, -0.1) is 0 Å². The van der Waals surface area contributed by atoms with Crippen LogP contribution in [0.25, 0.3) is 0 Å². The lowest BCUT2D eigenvalue weighted by atomic mass is 10.1. The number of nitriles is 2. The summed E-state index contributed by atoms with van der Waals surface area (Å²) in [5.74, 6) is -0.502. The normalized spacial score (nSPS) is 9.14. The predicted octanol–water partition coefficient (Wildman–Crippen LogP) is 2.61. The minimum atomic E-state index is -0.502. The molecule has 1 rings (SSSR count). The van der Waals surface area contributed by atoms with Crippen LogP contribution in [0.15, 0.2) is 12.1 Å². The van der Waals surface area contributed by atoms with Gasteiger partial charge in [0.2, 0.25) is 0 Å². The third-order valence-corrected chi connectivity index (χ3v) is 2.26. The van der Waals surface area contributed by atoms with Crippen molar-refractivity contribution < 1.29 is 4.39 Å². The third-order valence-electron chi connectivity index (χ3n) is 1.79. The second-order valence-electron chi connectivity index (χ2n) is 2.67. The highest BCUT2D eigenvalue weighted by molar-refractivity contribution is 6.32. The molecule has 2 nitrogen and oxygen atoms in total. The molecule has 0 aromatic heterocycles. The number of rotatable bonds is 2. The highest BCUT2D eigenvalue weighted by atomic mass is 35.5. The lowest BCUT2D eigenvalue weighted by Crippen LogP contribution is -1.95. The Balaban J connectivity index is 3.21. The zero-order valence-electron chi connectivity index (χ0n) is 7.22. The molecule has 4 heteroatoms. The van der Waals surface area contributed by atoms with Crippen molar-refractivity contribution in [1.82, 2.24) is 0 Å². The Morgan fingerprint density at radius 1 is 1.21 bits per heavy atom. The first-order chi connectivity index (χ1) is 6.70. The summed E-state index contributed by atoms with van der Waals surface area (Å²) in [6.07, 6.45) is 0.0431. The average Bonchev–Trinajstić information content (AvgIpc) is 2.17. The van der Waals surface area contributed by atoms with Crippen molar-refractivity contribution in [3.05, 3.63) is 34.1 Å². The summed E-state index contributed by atoms with van der Waals surface area (Å²) in [5, 5.41) is 17.1. The SMILES string of the molecule is N#CCc1ccc(F)c(CC#N)c1Cl. The van der Waals surface area contributed by atoms with Gasteiger partial charge < -0.3 is 0 Å². The van der Waals surface area contributed by atoms with E-state index >= 15 is 0 Å². The van der Waals surface area contributed by atoms with Gasteiger partial charge in [0.15, 0.2) is 0 Å². The first-order valence-corrected chi connectivity index (χ1v) is 4.28. The quantitative estimate of drug-likeness (QED) is 0.750. The van der Waals surface area contributed by atoms with E-state index in [1.807, 2.05) is 12.1 Å². The van der Waals surface area contributed by atoms with Gasteiger partial charge in [0.05, 0.1) is 30.0 Å². The van der Waals surface area contributed by atoms with Crippen molar-refractivity contribution in [2.75, 3.05) is 0 Å². The second kappa shape index (κ2) is 4.60. The molecular formula is C10H6ClFN2. The Hall–Kier alpha value is -1.58. The molecule has 70 valence electrons. The van der Waals surface area contributed by atoms with Crippen LogP contribution in [0.1, 0.15) is 11.1 Å². The molecule has 14 heavy (non-hydrogen) atoms. The highest BCUT2D eigenvalue weighted by Crippen LogP contribution is 2.24. The number of halogens is 2. The molecule has 0 bridgehead atoms. The summed E-state index contributed by atoms with van der Waals surface area (Å²) in [6, 6.07) is 6.44. The molecule has 0 fully saturated rings. The van der Waals surface area contributed by atoms with E-state index in [2.05, 4.69) is 0 Å². The van der Waals surface area contributed by atoms with Gasteiger partial charge in [0.1, 0.15) is 5.82 Å². The van der Waals surface area contributed by atoms with Crippen LogP contribution in [0.4, 0.5) is 4.39 Å². The molecule has 0 saturated heterocycles. The number of benzene rings is 1. The first-order valence-electron chi connectivity index (χ1n) is 3.90. The molecular weight excluding hydrogens is 203 g/mol. The monoisotopic (exact) mass is 208 g/mol. The lowest BCUT2D eigenvalue weighted by Gasteiger charge is -2.05. The van der Waals surface area contributed by atoms with Crippen LogP contribution >= 0.6 is 11.6 Å². The zero-order chi connectivity index (χ0) is 10.6. The fourth-order valence-electron chi connectivity index (χ4n) is 1.11. The molecule has 0 radical (unpaired) electrons. The van der Waals surface area contributed by atoms with E-state index in [4.69, 9.17) is 22.1 Å². The van der Waals surface area contributed by atoms with Crippen LogP contribution in [-0.2, 0) is 12.8 Å². The van der Waals surface area contributed by atoms with Crippen LogP contribution < -0.4 is 0 Å². The van der Waals surface area contributed by atoms with Gasteiger partial charge in [0.25, 0.3) is 0 Å². The Morgan fingerprint density at radius 3 is 2.43 bits per heavy atom. The molecule has 0 heterocycles. The van der Waals surface area contributed by atoms with Crippen LogP contribution in [-0.4, -0.2) is 0 Å². The maximum Gasteiger partial charge on any atom is 0.128 e. The van der Waals surface area contributed by atoms with E-state index in [1.165, 1.54) is 12.1 Å². The summed E-state index contributed by atoms with van der Waals surface area (Å²) >= 11 is 5.83. The molecule has 0 aliphatic rings. The zero-order valence-corrected chi connectivity index (χ0v) is 7.98. The summed E-state index contributed by atoms with van der Waals surface area (Å²) in [4.78, 5) is 0. The van der Waals surface area contributed by atoms with Crippen LogP contribution in [0, 0.1) is 28.5 Å². The van der Waals surface area contributed by atoms with E-state index in [0.29, 0.717) is 5.56 Å². The van der Waals surface area contributed by atoms with E-state index in [9.17, 15) is 4.39 Å². The van der Waals surface area contributed by atoms with Gasteiger partial charge in [-0.05, 0) is 11.6 Å². The minimum Gasteiger partial charge on any atom is -0.207 e. The van der Waals surface area contributed by atoms with Crippen molar-refractivity contribution in [3.8, 4) is 12.1 Å². The van der Waals surface area contributed by atoms with Crippen molar-refractivity contribution in [1.29, 1.82) is 10.5 Å². The van der Waals surface area contributed by atoms with Crippen molar-refractivity contribution in [3.63, 3.8) is 0 Å². The molecule has 0 aliphatic heterocycles. The van der Waals surface area contributed by atoms with Crippen molar-refractivity contribution in [2.45, 2.75) is 12.8 Å². The minimum absolute atomic E-state index is 0.0794. The molecule has 0 amide bonds. The van der Waals surface area contributed by atoms with Crippen LogP contribution in [0.2, 0.25) is 5.02 Å². The largest absolute Gasteiger partial charge is 0.207 e. The van der Waals surface area contributed by atoms with Gasteiger partial charge in [0, 0.05) is 5.56 Å². The van der Waals surface area contributed by atoms with Gasteiger partial charge >= 0.3 is 0 Å². The van der Waals surface area contributed by atoms with E-state index in [1.54, 1.807) is 0 Å². The molecule has 0 atom stereocenters. The second-order valence-corrected chi connectivity index (χ2v) is 3.05. The highest BCUT2D eigenvalue weighted by Gasteiger charge is 2.10. The lowest BCUT2D eigenvalue weighted by molar-refractivity contribution is 0.614. The van der Waals surface area contributed by atoms with Crippen molar-refractivity contribution in [2.24, 2.45) is 0 Å². The Morgan fingerprint density at radius 2 is 1.86 bits per heavy atom. The maximum atomic E-state index is 13.1. The van der Waals surface area contributed by atoms with E-state index in [-0.39, 0.29) is 23.4 Å². The van der Waals surface area contributed by atoms with Crippen molar-refractivity contribution >= 4 is 11.6 Å². The van der Waals surface area contributed by atoms with Gasteiger partial charge in [-0.3, -0.25) is 0 Å². The third kappa shape index (κ3) is 2.02.